The van der Waals surface area contributed by atoms with Gasteiger partial charge in [-0.1, -0.05) is 36.4 Å². The summed E-state index contributed by atoms with van der Waals surface area (Å²) in [6, 6.07) is 23.0. The van der Waals surface area contributed by atoms with E-state index in [1.807, 2.05) is 49.4 Å². The second-order valence-electron chi connectivity index (χ2n) is 7.59. The zero-order valence-corrected chi connectivity index (χ0v) is 18.4. The van der Waals surface area contributed by atoms with Gasteiger partial charge in [0, 0.05) is 16.8 Å². The number of fused-ring (bicyclic) bond motifs is 1. The van der Waals surface area contributed by atoms with Gasteiger partial charge in [0.05, 0.1) is 12.2 Å². The van der Waals surface area contributed by atoms with Gasteiger partial charge in [-0.15, -0.1) is 0 Å². The summed E-state index contributed by atoms with van der Waals surface area (Å²) in [4.78, 5) is 12.7. The molecular formula is C27H22F3NO3. The molecule has 0 aliphatic heterocycles. The molecule has 174 valence electrons. The minimum absolute atomic E-state index is 0.0580. The number of nitrogens with one attached hydrogen (secondary N) is 1. The van der Waals surface area contributed by atoms with Gasteiger partial charge in [-0.2, -0.15) is 13.2 Å². The number of halogens is 3. The summed E-state index contributed by atoms with van der Waals surface area (Å²) in [6.07, 6.45) is -4.49. The largest absolute Gasteiger partial charge is 0.493 e. The van der Waals surface area contributed by atoms with Crippen LogP contribution in [0.2, 0.25) is 0 Å². The predicted octanol–water partition coefficient (Wildman–Crippen LogP) is 7.09. The lowest BCUT2D eigenvalue weighted by atomic mass is 10.1. The number of hydrogen-bond donors (Lipinski definition) is 1. The van der Waals surface area contributed by atoms with Crippen LogP contribution in [0.15, 0.2) is 84.9 Å². The van der Waals surface area contributed by atoms with Crippen LogP contribution in [0.1, 0.15) is 28.4 Å². The molecule has 0 bridgehead atoms. The van der Waals surface area contributed by atoms with E-state index >= 15 is 0 Å². The van der Waals surface area contributed by atoms with Crippen LogP contribution in [0, 0.1) is 0 Å². The third kappa shape index (κ3) is 5.49. The first-order valence-corrected chi connectivity index (χ1v) is 10.7. The van der Waals surface area contributed by atoms with Crippen LogP contribution in [0.4, 0.5) is 18.9 Å². The molecule has 4 rings (SSSR count). The van der Waals surface area contributed by atoms with Crippen molar-refractivity contribution in [1.82, 2.24) is 0 Å². The number of rotatable bonds is 7. The minimum atomic E-state index is -4.49. The van der Waals surface area contributed by atoms with Crippen LogP contribution in [-0.4, -0.2) is 12.5 Å². The topological polar surface area (TPSA) is 47.6 Å². The van der Waals surface area contributed by atoms with Crippen LogP contribution >= 0.6 is 0 Å². The van der Waals surface area contributed by atoms with E-state index in [-0.39, 0.29) is 17.9 Å². The molecule has 34 heavy (non-hydrogen) atoms. The van der Waals surface area contributed by atoms with E-state index in [4.69, 9.17) is 9.47 Å². The summed E-state index contributed by atoms with van der Waals surface area (Å²) in [7, 11) is 0. The Hall–Kier alpha value is -4.00. The van der Waals surface area contributed by atoms with Crippen LogP contribution < -0.4 is 14.8 Å². The fraction of sp³-hybridized carbons (Fsp3) is 0.148. The lowest BCUT2D eigenvalue weighted by molar-refractivity contribution is -0.137. The minimum Gasteiger partial charge on any atom is -0.493 e. The van der Waals surface area contributed by atoms with E-state index in [1.165, 1.54) is 12.1 Å². The van der Waals surface area contributed by atoms with Gasteiger partial charge in [-0.05, 0) is 66.2 Å². The highest BCUT2D eigenvalue weighted by Crippen LogP contribution is 2.31. The van der Waals surface area contributed by atoms with Crippen molar-refractivity contribution >= 4 is 22.4 Å². The smallest absolute Gasteiger partial charge is 0.416 e. The summed E-state index contributed by atoms with van der Waals surface area (Å²) in [6.45, 7) is 2.43. The van der Waals surface area contributed by atoms with E-state index in [0.717, 1.165) is 22.9 Å². The lowest BCUT2D eigenvalue weighted by Gasteiger charge is -2.14. The Morgan fingerprint density at radius 3 is 2.41 bits per heavy atom. The van der Waals surface area contributed by atoms with E-state index in [2.05, 4.69) is 5.32 Å². The highest BCUT2D eigenvalue weighted by Gasteiger charge is 2.30. The van der Waals surface area contributed by atoms with Gasteiger partial charge in [0.2, 0.25) is 0 Å². The standard InChI is InChI=1S/C27H22F3NO3/c1-2-33-25-13-11-20(26(32)31-23-9-5-8-22(16-23)27(28,29)30)14-21(25)17-34-24-12-10-18-6-3-4-7-19(18)15-24/h3-16H,2,17H2,1H3,(H,31,32). The van der Waals surface area contributed by atoms with Gasteiger partial charge in [0.1, 0.15) is 18.1 Å². The molecule has 0 aromatic heterocycles. The van der Waals surface area contributed by atoms with E-state index in [0.29, 0.717) is 23.7 Å². The number of carbonyl (C=O) groups excluding carboxylic acids is 1. The van der Waals surface area contributed by atoms with Crippen molar-refractivity contribution in [3.63, 3.8) is 0 Å². The number of anilines is 1. The number of alkyl halides is 3. The van der Waals surface area contributed by atoms with Crippen molar-refractivity contribution in [2.75, 3.05) is 11.9 Å². The number of carbonyl (C=O) groups is 1. The van der Waals surface area contributed by atoms with Crippen molar-refractivity contribution in [1.29, 1.82) is 0 Å². The summed E-state index contributed by atoms with van der Waals surface area (Å²) in [5.74, 6) is 0.702. The van der Waals surface area contributed by atoms with Crippen molar-refractivity contribution in [2.24, 2.45) is 0 Å². The molecule has 0 atom stereocenters. The molecule has 0 unspecified atom stereocenters. The van der Waals surface area contributed by atoms with E-state index < -0.39 is 17.6 Å². The Bertz CT molecular complexity index is 1320. The van der Waals surface area contributed by atoms with Crippen LogP contribution in [0.5, 0.6) is 11.5 Å². The van der Waals surface area contributed by atoms with Crippen molar-refractivity contribution in [3.05, 3.63) is 102 Å². The SMILES string of the molecule is CCOc1ccc(C(=O)Nc2cccc(C(F)(F)F)c2)cc1COc1ccc2ccccc2c1. The summed E-state index contributed by atoms with van der Waals surface area (Å²) < 4.78 is 50.5. The Kier molecular flexibility index (Phi) is 6.72. The Morgan fingerprint density at radius 1 is 0.853 bits per heavy atom. The molecule has 1 amide bonds. The summed E-state index contributed by atoms with van der Waals surface area (Å²) in [5, 5.41) is 4.66. The number of ether oxygens (including phenoxy) is 2. The van der Waals surface area contributed by atoms with Gasteiger partial charge in [-0.25, -0.2) is 0 Å². The van der Waals surface area contributed by atoms with Crippen LogP contribution in [0.3, 0.4) is 0 Å². The van der Waals surface area contributed by atoms with Gasteiger partial charge in [-0.3, -0.25) is 4.79 Å². The molecule has 0 saturated carbocycles. The van der Waals surface area contributed by atoms with Crippen LogP contribution in [-0.2, 0) is 12.8 Å². The van der Waals surface area contributed by atoms with E-state index in [1.54, 1.807) is 18.2 Å². The molecule has 4 aromatic rings. The van der Waals surface area contributed by atoms with Gasteiger partial charge in [0.25, 0.3) is 5.91 Å². The second-order valence-corrected chi connectivity index (χ2v) is 7.59. The number of hydrogen-bond acceptors (Lipinski definition) is 3. The molecular weight excluding hydrogens is 443 g/mol. The maximum Gasteiger partial charge on any atom is 0.416 e. The average Bonchev–Trinajstić information content (AvgIpc) is 2.83. The molecule has 0 radical (unpaired) electrons. The third-order valence-electron chi connectivity index (χ3n) is 5.19. The lowest BCUT2D eigenvalue weighted by Crippen LogP contribution is -2.14. The second kappa shape index (κ2) is 9.87. The maximum absolute atomic E-state index is 13.0. The Balaban J connectivity index is 1.53. The molecule has 4 nitrogen and oxygen atoms in total. The highest BCUT2D eigenvalue weighted by molar-refractivity contribution is 6.04. The molecule has 0 aliphatic carbocycles. The molecule has 0 spiro atoms. The molecule has 1 N–H and O–H groups in total. The van der Waals surface area contributed by atoms with Crippen molar-refractivity contribution in [2.45, 2.75) is 19.7 Å². The maximum atomic E-state index is 13.0. The molecule has 0 aliphatic rings. The fourth-order valence-electron chi connectivity index (χ4n) is 3.52. The van der Waals surface area contributed by atoms with Crippen LogP contribution in [0.25, 0.3) is 10.8 Å². The summed E-state index contributed by atoms with van der Waals surface area (Å²) >= 11 is 0. The predicted molar refractivity (Wildman–Crippen MR) is 125 cm³/mol. The number of amides is 1. The average molecular weight is 465 g/mol. The quantitative estimate of drug-likeness (QED) is 0.317. The van der Waals surface area contributed by atoms with Crippen molar-refractivity contribution in [3.8, 4) is 11.5 Å². The fourth-order valence-corrected chi connectivity index (χ4v) is 3.52. The zero-order chi connectivity index (χ0) is 24.1. The zero-order valence-electron chi connectivity index (χ0n) is 18.4. The van der Waals surface area contributed by atoms with Crippen molar-refractivity contribution < 1.29 is 27.4 Å². The Labute approximate surface area is 194 Å². The molecule has 0 fully saturated rings. The van der Waals surface area contributed by atoms with Gasteiger partial charge in [0.15, 0.2) is 0 Å². The third-order valence-corrected chi connectivity index (χ3v) is 5.19. The van der Waals surface area contributed by atoms with Gasteiger partial charge < -0.3 is 14.8 Å². The molecule has 0 heterocycles. The Morgan fingerprint density at radius 2 is 1.65 bits per heavy atom. The van der Waals surface area contributed by atoms with E-state index in [9.17, 15) is 18.0 Å². The van der Waals surface area contributed by atoms with Gasteiger partial charge >= 0.3 is 6.18 Å². The molecule has 4 aromatic carbocycles. The summed E-state index contributed by atoms with van der Waals surface area (Å²) in [5.41, 5.74) is 0.147. The first kappa shape index (κ1) is 23.2. The molecule has 7 heteroatoms. The number of benzene rings is 4. The normalized spacial score (nSPS) is 11.3. The highest BCUT2D eigenvalue weighted by atomic mass is 19.4. The first-order chi connectivity index (χ1) is 16.3. The monoisotopic (exact) mass is 465 g/mol. The first-order valence-electron chi connectivity index (χ1n) is 10.7. The molecule has 0 saturated heterocycles.